The van der Waals surface area contributed by atoms with Crippen LogP contribution in [0.4, 0.5) is 20.3 Å². The van der Waals surface area contributed by atoms with E-state index in [0.717, 1.165) is 16.1 Å². The van der Waals surface area contributed by atoms with Crippen molar-refractivity contribution in [1.29, 1.82) is 0 Å². The van der Waals surface area contributed by atoms with Crippen LogP contribution in [-0.2, 0) is 0 Å². The molecule has 2 unspecified atom stereocenters. The number of para-hydroxylation sites is 1. The van der Waals surface area contributed by atoms with Gasteiger partial charge in [-0.2, -0.15) is 0 Å². The van der Waals surface area contributed by atoms with Gasteiger partial charge in [0.25, 0.3) is 0 Å². The predicted octanol–water partition coefficient (Wildman–Crippen LogP) is 3.03. The highest BCUT2D eigenvalue weighted by Crippen LogP contribution is 2.29. The molecule has 0 saturated carbocycles. The molecule has 5 rings (SSSR count). The normalized spacial score (nSPS) is 16.2. The number of H-pyrrole nitrogens is 1. The van der Waals surface area contributed by atoms with Crippen LogP contribution in [0.25, 0.3) is 17.4 Å². The molecule has 0 fully saturated rings. The van der Waals surface area contributed by atoms with Gasteiger partial charge < -0.3 is 15.2 Å². The van der Waals surface area contributed by atoms with Crippen LogP contribution in [-0.4, -0.2) is 32.1 Å². The maximum atomic E-state index is 14.8. The third-order valence-corrected chi connectivity index (χ3v) is 5.67. The lowest BCUT2D eigenvalue weighted by molar-refractivity contribution is 0.514. The Morgan fingerprint density at radius 2 is 1.88 bits per heavy atom. The summed E-state index contributed by atoms with van der Waals surface area (Å²) in [5.74, 6) is -0.740. The van der Waals surface area contributed by atoms with E-state index in [2.05, 4.69) is 25.3 Å². The first kappa shape index (κ1) is 20.0. The Balaban J connectivity index is 1.65. The van der Waals surface area contributed by atoms with Crippen molar-refractivity contribution in [3.63, 3.8) is 0 Å². The first-order chi connectivity index (χ1) is 15.6. The van der Waals surface area contributed by atoms with E-state index >= 15 is 0 Å². The van der Waals surface area contributed by atoms with E-state index < -0.39 is 17.8 Å². The van der Waals surface area contributed by atoms with E-state index in [-0.39, 0.29) is 11.7 Å². The molecule has 2 N–H and O–H groups in total. The Morgan fingerprint density at radius 1 is 1.09 bits per heavy atom. The topological polar surface area (TPSA) is 82.1 Å². The molecule has 0 spiro atoms. The van der Waals surface area contributed by atoms with E-state index in [4.69, 9.17) is 4.99 Å². The fourth-order valence-corrected chi connectivity index (χ4v) is 4.02. The average Bonchev–Trinajstić information content (AvgIpc) is 3.27. The molecule has 162 valence electrons. The molecule has 0 saturated heterocycles. The predicted molar refractivity (Wildman–Crippen MR) is 118 cm³/mol. The summed E-state index contributed by atoms with van der Waals surface area (Å²) in [4.78, 5) is 22.2. The number of halogens is 2. The van der Waals surface area contributed by atoms with Crippen LogP contribution < -0.4 is 20.8 Å². The zero-order valence-corrected chi connectivity index (χ0v) is 17.5. The second-order valence-corrected chi connectivity index (χ2v) is 7.64. The molecule has 7 nitrogen and oxygen atoms in total. The van der Waals surface area contributed by atoms with Gasteiger partial charge in [0.1, 0.15) is 35.3 Å². The Kier molecular flexibility index (Phi) is 5.01. The number of nitrogens with zero attached hydrogens (tertiary/aromatic N) is 5. The minimum Gasteiger partial charge on any atom is -0.361 e. The van der Waals surface area contributed by atoms with Crippen molar-refractivity contribution in [1.82, 2.24) is 19.9 Å². The van der Waals surface area contributed by atoms with Gasteiger partial charge in [-0.1, -0.05) is 25.1 Å². The van der Waals surface area contributed by atoms with Crippen molar-refractivity contribution < 1.29 is 8.78 Å². The maximum absolute atomic E-state index is 14.8. The van der Waals surface area contributed by atoms with Crippen LogP contribution >= 0.6 is 0 Å². The molecule has 0 radical (unpaired) electrons. The molecule has 2 atom stereocenters. The van der Waals surface area contributed by atoms with Crippen molar-refractivity contribution in [2.45, 2.75) is 32.5 Å². The lowest BCUT2D eigenvalue weighted by Gasteiger charge is -2.36. The molecule has 1 aliphatic rings. The van der Waals surface area contributed by atoms with Crippen molar-refractivity contribution in [3.05, 3.63) is 76.8 Å². The van der Waals surface area contributed by atoms with E-state index in [1.165, 1.54) is 24.5 Å². The van der Waals surface area contributed by atoms with Crippen LogP contribution in [0.3, 0.4) is 0 Å². The molecule has 3 heterocycles. The summed E-state index contributed by atoms with van der Waals surface area (Å²) in [7, 11) is 0. The number of aromatic nitrogens is 4. The highest BCUT2D eigenvalue weighted by Gasteiger charge is 2.31. The fourth-order valence-electron chi connectivity index (χ4n) is 4.02. The molecule has 1 aliphatic heterocycles. The average molecular weight is 433 g/mol. The SMILES string of the molecule is CCC(Nc1ncnc2nc[nH]c12)C1N=c2cccc(C)c2=CN1c1c(F)cccc1F. The summed E-state index contributed by atoms with van der Waals surface area (Å²) in [5.41, 5.74) is 2.03. The van der Waals surface area contributed by atoms with Gasteiger partial charge in [-0.25, -0.2) is 23.7 Å². The number of anilines is 2. The van der Waals surface area contributed by atoms with Crippen LogP contribution in [0.5, 0.6) is 0 Å². The number of benzene rings is 2. The summed E-state index contributed by atoms with van der Waals surface area (Å²) < 4.78 is 29.7. The number of rotatable bonds is 5. The fraction of sp³-hybridized carbons (Fsp3) is 0.217. The van der Waals surface area contributed by atoms with Crippen LogP contribution in [0.15, 0.2) is 54.0 Å². The van der Waals surface area contributed by atoms with Gasteiger partial charge in [0.05, 0.1) is 17.7 Å². The number of fused-ring (bicyclic) bond motifs is 2. The lowest BCUT2D eigenvalue weighted by atomic mass is 10.1. The number of imidazole rings is 1. The van der Waals surface area contributed by atoms with Gasteiger partial charge in [-0.15, -0.1) is 0 Å². The zero-order valence-electron chi connectivity index (χ0n) is 17.5. The second kappa shape index (κ2) is 7.99. The van der Waals surface area contributed by atoms with Crippen LogP contribution in [0, 0.1) is 18.6 Å². The molecule has 4 aromatic rings. The quantitative estimate of drug-likeness (QED) is 0.506. The molecule has 2 aromatic heterocycles. The number of nitrogens with one attached hydrogen (secondary N) is 2. The molecular formula is C23H21F2N7. The molecule has 32 heavy (non-hydrogen) atoms. The second-order valence-electron chi connectivity index (χ2n) is 7.64. The zero-order chi connectivity index (χ0) is 22.2. The minimum absolute atomic E-state index is 0.134. The van der Waals surface area contributed by atoms with Crippen molar-refractivity contribution in [3.8, 4) is 0 Å². The van der Waals surface area contributed by atoms with Gasteiger partial charge in [-0.05, 0) is 37.1 Å². The van der Waals surface area contributed by atoms with E-state index in [0.29, 0.717) is 23.4 Å². The van der Waals surface area contributed by atoms with E-state index in [1.807, 2.05) is 32.0 Å². The standard InChI is InChI=1S/C23H21F2N7/c1-3-17(30-22-19-21(27-11-26-19)28-12-29-22)23-31-18-9-4-6-13(2)14(18)10-32(23)20-15(24)7-5-8-16(20)25/h4-12,17,23H,3H2,1-2H3,(H2,26,27,28,29,30). The van der Waals surface area contributed by atoms with Gasteiger partial charge in [-0.3, -0.25) is 4.99 Å². The maximum Gasteiger partial charge on any atom is 0.182 e. The number of aromatic amines is 1. The Morgan fingerprint density at radius 3 is 2.66 bits per heavy atom. The van der Waals surface area contributed by atoms with Crippen molar-refractivity contribution in [2.24, 2.45) is 4.99 Å². The number of aryl methyl sites for hydroxylation is 1. The third kappa shape index (κ3) is 3.35. The molecule has 0 aliphatic carbocycles. The molecule has 9 heteroatoms. The smallest absolute Gasteiger partial charge is 0.182 e. The summed E-state index contributed by atoms with van der Waals surface area (Å²) in [5, 5.41) is 5.00. The minimum atomic E-state index is -0.647. The summed E-state index contributed by atoms with van der Waals surface area (Å²) in [6.45, 7) is 3.94. The van der Waals surface area contributed by atoms with Gasteiger partial charge in [0, 0.05) is 11.4 Å². The van der Waals surface area contributed by atoms with Crippen molar-refractivity contribution >= 4 is 28.9 Å². The molecule has 2 aromatic carbocycles. The first-order valence-corrected chi connectivity index (χ1v) is 10.3. The number of hydrogen-bond acceptors (Lipinski definition) is 6. The molecular weight excluding hydrogens is 412 g/mol. The van der Waals surface area contributed by atoms with Crippen LogP contribution in [0.1, 0.15) is 18.9 Å². The molecule has 0 amide bonds. The molecule has 0 bridgehead atoms. The highest BCUT2D eigenvalue weighted by atomic mass is 19.1. The largest absolute Gasteiger partial charge is 0.361 e. The Bertz CT molecular complexity index is 1400. The van der Waals surface area contributed by atoms with Gasteiger partial charge in [0.2, 0.25) is 0 Å². The van der Waals surface area contributed by atoms with Crippen molar-refractivity contribution in [2.75, 3.05) is 10.2 Å². The monoisotopic (exact) mass is 433 g/mol. The third-order valence-electron chi connectivity index (χ3n) is 5.67. The van der Waals surface area contributed by atoms with E-state index in [1.54, 1.807) is 17.4 Å². The summed E-state index contributed by atoms with van der Waals surface area (Å²) >= 11 is 0. The summed E-state index contributed by atoms with van der Waals surface area (Å²) in [6, 6.07) is 9.33. The van der Waals surface area contributed by atoms with Crippen LogP contribution in [0.2, 0.25) is 0 Å². The Hall–Kier alpha value is -3.88. The Labute approximate surface area is 182 Å². The van der Waals surface area contributed by atoms with Gasteiger partial charge >= 0.3 is 0 Å². The first-order valence-electron chi connectivity index (χ1n) is 10.3. The number of hydrogen-bond donors (Lipinski definition) is 2. The lowest BCUT2D eigenvalue weighted by Crippen LogP contribution is -2.51. The van der Waals surface area contributed by atoms with Gasteiger partial charge in [0.15, 0.2) is 11.5 Å². The highest BCUT2D eigenvalue weighted by molar-refractivity contribution is 5.82. The van der Waals surface area contributed by atoms with E-state index in [9.17, 15) is 8.78 Å². The summed E-state index contributed by atoms with van der Waals surface area (Å²) in [6.07, 6.45) is 4.75.